The van der Waals surface area contributed by atoms with E-state index in [-0.39, 0.29) is 30.8 Å². The van der Waals surface area contributed by atoms with E-state index >= 15 is 0 Å². The number of nitrogens with zero attached hydrogens (tertiary/aromatic N) is 2. The van der Waals surface area contributed by atoms with Gasteiger partial charge in [0.2, 0.25) is 11.8 Å². The summed E-state index contributed by atoms with van der Waals surface area (Å²) in [6, 6.07) is 0.381. The van der Waals surface area contributed by atoms with Gasteiger partial charge >= 0.3 is 0 Å². The average molecular weight is 277 g/mol. The zero-order chi connectivity index (χ0) is 12.3. The van der Waals surface area contributed by atoms with Crippen molar-refractivity contribution < 1.29 is 9.59 Å². The molecule has 1 atom stereocenters. The number of rotatable bonds is 2. The molecule has 2 N–H and O–H groups in total. The number of carbonyl (C=O) groups is 2. The quantitative estimate of drug-likeness (QED) is 0.655. The third-order valence-electron chi connectivity index (χ3n) is 3.37. The molecule has 0 aliphatic carbocycles. The SMILES string of the molecule is C[C@@H]1CNCCN1CC(=O)N1CCNC(=O)C1.Cl. The van der Waals surface area contributed by atoms with Crippen LogP contribution in [0.5, 0.6) is 0 Å². The predicted octanol–water partition coefficient (Wildman–Crippen LogP) is -1.34. The van der Waals surface area contributed by atoms with Gasteiger partial charge in [0, 0.05) is 38.8 Å². The van der Waals surface area contributed by atoms with Crippen molar-refractivity contribution in [1.82, 2.24) is 20.4 Å². The van der Waals surface area contributed by atoms with Crippen molar-refractivity contribution in [3.05, 3.63) is 0 Å². The maximum Gasteiger partial charge on any atom is 0.239 e. The lowest BCUT2D eigenvalue weighted by molar-refractivity contribution is -0.139. The fourth-order valence-corrected chi connectivity index (χ4v) is 2.24. The van der Waals surface area contributed by atoms with Crippen LogP contribution in [0.25, 0.3) is 0 Å². The summed E-state index contributed by atoms with van der Waals surface area (Å²) in [7, 11) is 0. The molecule has 2 rings (SSSR count). The fraction of sp³-hybridized carbons (Fsp3) is 0.818. The Morgan fingerprint density at radius 1 is 1.39 bits per heavy atom. The molecular weight excluding hydrogens is 256 g/mol. The van der Waals surface area contributed by atoms with Gasteiger partial charge in [0.25, 0.3) is 0 Å². The Balaban J connectivity index is 0.00000162. The molecule has 2 aliphatic rings. The van der Waals surface area contributed by atoms with Crippen LogP contribution in [0.15, 0.2) is 0 Å². The topological polar surface area (TPSA) is 64.7 Å². The molecule has 0 aromatic rings. The minimum Gasteiger partial charge on any atom is -0.353 e. The Morgan fingerprint density at radius 2 is 2.17 bits per heavy atom. The highest BCUT2D eigenvalue weighted by Crippen LogP contribution is 2.04. The largest absolute Gasteiger partial charge is 0.353 e. The molecule has 104 valence electrons. The van der Waals surface area contributed by atoms with E-state index < -0.39 is 0 Å². The fourth-order valence-electron chi connectivity index (χ4n) is 2.24. The Hall–Kier alpha value is -0.850. The zero-order valence-corrected chi connectivity index (χ0v) is 11.5. The highest BCUT2D eigenvalue weighted by molar-refractivity contribution is 5.86. The maximum absolute atomic E-state index is 12.0. The third kappa shape index (κ3) is 3.83. The van der Waals surface area contributed by atoms with Crippen molar-refractivity contribution in [3.8, 4) is 0 Å². The molecule has 2 amide bonds. The van der Waals surface area contributed by atoms with Crippen LogP contribution in [-0.2, 0) is 9.59 Å². The van der Waals surface area contributed by atoms with Crippen molar-refractivity contribution in [3.63, 3.8) is 0 Å². The first-order valence-corrected chi connectivity index (χ1v) is 6.16. The lowest BCUT2D eigenvalue weighted by Crippen LogP contribution is -2.56. The summed E-state index contributed by atoms with van der Waals surface area (Å²) in [6.45, 7) is 6.70. The van der Waals surface area contributed by atoms with Gasteiger partial charge in [-0.3, -0.25) is 14.5 Å². The summed E-state index contributed by atoms with van der Waals surface area (Å²) in [6.07, 6.45) is 0. The smallest absolute Gasteiger partial charge is 0.239 e. The van der Waals surface area contributed by atoms with E-state index in [9.17, 15) is 9.59 Å². The molecule has 2 saturated heterocycles. The Morgan fingerprint density at radius 3 is 2.83 bits per heavy atom. The van der Waals surface area contributed by atoms with Crippen LogP contribution in [0, 0.1) is 0 Å². The molecule has 0 saturated carbocycles. The van der Waals surface area contributed by atoms with E-state index in [4.69, 9.17) is 0 Å². The second kappa shape index (κ2) is 6.92. The highest BCUT2D eigenvalue weighted by Gasteiger charge is 2.25. The van der Waals surface area contributed by atoms with E-state index in [1.807, 2.05) is 0 Å². The summed E-state index contributed by atoms with van der Waals surface area (Å²) in [5.74, 6) is 0.00607. The van der Waals surface area contributed by atoms with Crippen LogP contribution >= 0.6 is 12.4 Å². The molecule has 0 radical (unpaired) electrons. The van der Waals surface area contributed by atoms with Crippen LogP contribution in [0.2, 0.25) is 0 Å². The van der Waals surface area contributed by atoms with Crippen molar-refractivity contribution in [1.29, 1.82) is 0 Å². The minimum absolute atomic E-state index is 0. The highest BCUT2D eigenvalue weighted by atomic mass is 35.5. The van der Waals surface area contributed by atoms with E-state index in [0.717, 1.165) is 19.6 Å². The van der Waals surface area contributed by atoms with Crippen LogP contribution in [0.1, 0.15) is 6.92 Å². The minimum atomic E-state index is -0.0574. The summed E-state index contributed by atoms with van der Waals surface area (Å²) in [4.78, 5) is 27.1. The molecule has 0 bridgehead atoms. The molecule has 0 aromatic heterocycles. The molecule has 0 aromatic carbocycles. The van der Waals surface area contributed by atoms with E-state index in [1.54, 1.807) is 4.90 Å². The van der Waals surface area contributed by atoms with Crippen molar-refractivity contribution in [2.45, 2.75) is 13.0 Å². The summed E-state index contributed by atoms with van der Waals surface area (Å²) in [5.41, 5.74) is 0. The lowest BCUT2D eigenvalue weighted by Gasteiger charge is -2.35. The Bertz CT molecular complexity index is 313. The van der Waals surface area contributed by atoms with Gasteiger partial charge in [0.05, 0.1) is 13.1 Å². The average Bonchev–Trinajstić information content (AvgIpc) is 2.32. The molecular formula is C11H21ClN4O2. The lowest BCUT2D eigenvalue weighted by atomic mass is 10.2. The first kappa shape index (κ1) is 15.2. The number of nitrogens with one attached hydrogen (secondary N) is 2. The molecule has 0 spiro atoms. The Labute approximate surface area is 113 Å². The normalized spacial score (nSPS) is 25.3. The predicted molar refractivity (Wildman–Crippen MR) is 70.7 cm³/mol. The van der Waals surface area contributed by atoms with E-state index in [0.29, 0.717) is 25.7 Å². The number of hydrogen-bond donors (Lipinski definition) is 2. The van der Waals surface area contributed by atoms with Gasteiger partial charge in [-0.1, -0.05) is 0 Å². The van der Waals surface area contributed by atoms with Gasteiger partial charge < -0.3 is 15.5 Å². The standard InChI is InChI=1S/C11H20N4O2.ClH/c1-9-6-12-2-4-14(9)8-11(17)15-5-3-13-10(16)7-15;/h9,12H,2-8H2,1H3,(H,13,16);1H/t9-;/m1./s1. The monoisotopic (exact) mass is 276 g/mol. The van der Waals surface area contributed by atoms with Crippen LogP contribution in [0.3, 0.4) is 0 Å². The molecule has 0 unspecified atom stereocenters. The van der Waals surface area contributed by atoms with Gasteiger partial charge in [0.1, 0.15) is 0 Å². The van der Waals surface area contributed by atoms with E-state index in [2.05, 4.69) is 22.5 Å². The second-order valence-electron chi connectivity index (χ2n) is 4.69. The first-order chi connectivity index (χ1) is 8.16. The van der Waals surface area contributed by atoms with Crippen LogP contribution in [-0.4, -0.2) is 73.5 Å². The van der Waals surface area contributed by atoms with Gasteiger partial charge in [-0.25, -0.2) is 0 Å². The van der Waals surface area contributed by atoms with Gasteiger partial charge in [-0.2, -0.15) is 0 Å². The number of hydrogen-bond acceptors (Lipinski definition) is 4. The molecule has 2 aliphatic heterocycles. The molecule has 7 heteroatoms. The molecule has 2 fully saturated rings. The van der Waals surface area contributed by atoms with Crippen molar-refractivity contribution >= 4 is 24.2 Å². The van der Waals surface area contributed by atoms with E-state index in [1.165, 1.54) is 0 Å². The van der Waals surface area contributed by atoms with Gasteiger partial charge in [-0.15, -0.1) is 12.4 Å². The second-order valence-corrected chi connectivity index (χ2v) is 4.69. The zero-order valence-electron chi connectivity index (χ0n) is 10.6. The first-order valence-electron chi connectivity index (χ1n) is 6.16. The maximum atomic E-state index is 12.0. The van der Waals surface area contributed by atoms with Gasteiger partial charge in [0.15, 0.2) is 0 Å². The van der Waals surface area contributed by atoms with Crippen LogP contribution in [0.4, 0.5) is 0 Å². The molecule has 6 nitrogen and oxygen atoms in total. The summed E-state index contributed by atoms with van der Waals surface area (Å²) >= 11 is 0. The number of piperazine rings is 2. The number of amides is 2. The number of carbonyl (C=O) groups excluding carboxylic acids is 2. The van der Waals surface area contributed by atoms with Crippen LogP contribution < -0.4 is 10.6 Å². The number of halogens is 1. The Kier molecular flexibility index (Phi) is 5.84. The summed E-state index contributed by atoms with van der Waals surface area (Å²) < 4.78 is 0. The van der Waals surface area contributed by atoms with Gasteiger partial charge in [-0.05, 0) is 6.92 Å². The molecule has 18 heavy (non-hydrogen) atoms. The third-order valence-corrected chi connectivity index (χ3v) is 3.37. The van der Waals surface area contributed by atoms with Crippen molar-refractivity contribution in [2.24, 2.45) is 0 Å². The molecule has 2 heterocycles. The summed E-state index contributed by atoms with van der Waals surface area (Å²) in [5, 5.41) is 6.02. The van der Waals surface area contributed by atoms with Crippen molar-refractivity contribution in [2.75, 3.05) is 45.8 Å².